The van der Waals surface area contributed by atoms with E-state index in [4.69, 9.17) is 0 Å². The first kappa shape index (κ1) is 23.6. The second-order valence-electron chi connectivity index (χ2n) is 8.07. The number of nitrogens with one attached hydrogen (secondary N) is 2. The normalized spacial score (nSPS) is 19.3. The summed E-state index contributed by atoms with van der Waals surface area (Å²) in [6.07, 6.45) is 6.88. The Hall–Kier alpha value is -0.0336. The van der Waals surface area contributed by atoms with E-state index in [1.165, 1.54) is 22.3 Å². The number of hydrogen-bond acceptors (Lipinski definition) is 4. The van der Waals surface area contributed by atoms with Gasteiger partial charge in [0.15, 0.2) is 0 Å². The van der Waals surface area contributed by atoms with E-state index in [9.17, 15) is 17.6 Å². The molecule has 1 heterocycles. The van der Waals surface area contributed by atoms with Crippen molar-refractivity contribution in [3.05, 3.63) is 28.3 Å². The molecule has 1 saturated heterocycles. The van der Waals surface area contributed by atoms with Crippen molar-refractivity contribution in [2.45, 2.75) is 56.6 Å². The van der Waals surface area contributed by atoms with Gasteiger partial charge in [-0.25, -0.2) is 22.3 Å². The van der Waals surface area contributed by atoms with Gasteiger partial charge in [0, 0.05) is 63.6 Å². The van der Waals surface area contributed by atoms with E-state index in [1.807, 2.05) is 4.90 Å². The average Bonchev–Trinajstić information content (AvgIpc) is 3.31. The molecule has 0 bridgehead atoms. The molecule has 0 unspecified atom stereocenters. The maximum Gasteiger partial charge on any atom is 0.332 e. The molecule has 2 amide bonds. The Morgan fingerprint density at radius 3 is 2.21 bits per heavy atom. The topological polar surface area (TPSA) is 78.5 Å². The van der Waals surface area contributed by atoms with Crippen molar-refractivity contribution in [3.63, 3.8) is 0 Å². The quantitative estimate of drug-likeness (QED) is 0.677. The minimum atomic E-state index is -3.75. The fourth-order valence-electron chi connectivity index (χ4n) is 4.88. The molecular weight excluding hydrogens is 420 g/mol. The number of piperidine rings is 1. The van der Waals surface area contributed by atoms with Crippen LogP contribution in [-0.4, -0.2) is 102 Å². The number of sulfonamides is 1. The first-order valence-electron chi connectivity index (χ1n) is 10.3. The molecule has 4 rings (SSSR count). The largest absolute Gasteiger partial charge is 0.332 e. The summed E-state index contributed by atoms with van der Waals surface area (Å²) >= 11 is 0. The number of amides is 2. The first-order valence-corrected chi connectivity index (χ1v) is 11.8. The number of fused-ring (bicyclic) bond motifs is 2. The second-order valence-corrected chi connectivity index (χ2v) is 10.0. The molecule has 2 N–H and O–H groups in total. The number of likely N-dealkylation sites (tertiary alicyclic amines) is 1. The van der Waals surface area contributed by atoms with Crippen LogP contribution in [0.5, 0.6) is 0 Å². The molecule has 1 aromatic rings. The van der Waals surface area contributed by atoms with Gasteiger partial charge in [-0.1, -0.05) is 6.07 Å². The molecule has 1 aromatic carbocycles. The number of rotatable bonds is 5. The van der Waals surface area contributed by atoms with Gasteiger partial charge in [0.2, 0.25) is 10.0 Å². The zero-order chi connectivity index (χ0) is 19.7. The molecule has 9 heteroatoms. The summed E-state index contributed by atoms with van der Waals surface area (Å²) in [5.41, 5.74) is 5.77. The number of nitrogens with zero attached hydrogens (tertiary/aromatic N) is 1. The van der Waals surface area contributed by atoms with Gasteiger partial charge >= 0.3 is 6.03 Å². The van der Waals surface area contributed by atoms with Crippen molar-refractivity contribution in [2.75, 3.05) is 31.6 Å². The van der Waals surface area contributed by atoms with Crippen LogP contribution in [0, 0.1) is 0 Å². The molecule has 0 atom stereocenters. The molecule has 6 nitrogen and oxygen atoms in total. The molecule has 155 valence electrons. The van der Waals surface area contributed by atoms with Crippen LogP contribution in [0.1, 0.15) is 47.9 Å². The number of urea groups is 1. The van der Waals surface area contributed by atoms with Gasteiger partial charge in [0.1, 0.15) is 6.67 Å². The first-order chi connectivity index (χ1) is 13.5. The van der Waals surface area contributed by atoms with Crippen LogP contribution in [0.4, 0.5) is 14.9 Å². The molecule has 3 aliphatic rings. The number of alkyl halides is 1. The summed E-state index contributed by atoms with van der Waals surface area (Å²) in [5, 5.41) is 2.27. The predicted octanol–water partition coefficient (Wildman–Crippen LogP) is 2.17. The number of carbonyl (C=O) groups is 1. The number of aryl methyl sites for hydroxylation is 2. The van der Waals surface area contributed by atoms with Crippen LogP contribution in [0.2, 0.25) is 0 Å². The van der Waals surface area contributed by atoms with Crippen LogP contribution >= 0.6 is 0 Å². The van der Waals surface area contributed by atoms with Crippen molar-refractivity contribution < 1.29 is 17.6 Å². The molecule has 29 heavy (non-hydrogen) atoms. The number of hydrogen-bond donors (Lipinski definition) is 2. The summed E-state index contributed by atoms with van der Waals surface area (Å²) in [4.78, 5) is 14.5. The zero-order valence-corrected chi connectivity index (χ0v) is 21.0. The Morgan fingerprint density at radius 2 is 1.66 bits per heavy atom. The number of carbonyl (C=O) groups excluding carboxylic acids is 1. The van der Waals surface area contributed by atoms with E-state index < -0.39 is 28.0 Å². The maximum atomic E-state index is 12.7. The molecule has 0 aromatic heterocycles. The Kier molecular flexibility index (Phi) is 8.19. The van der Waals surface area contributed by atoms with E-state index in [0.29, 0.717) is 32.5 Å². The standard InChI is InChI=1S/C20H28FN3O3S.K/c21-9-12-24-10-7-16(8-11-24)28(26,27)23-20(25)22-19-17-5-1-3-14(17)13-15-4-2-6-18(15)19;/h13,16H,1-12H2,(H2,22,23,25);. The average molecular weight is 449 g/mol. The van der Waals surface area contributed by atoms with Crippen molar-refractivity contribution in [1.29, 1.82) is 0 Å². The van der Waals surface area contributed by atoms with E-state index in [1.54, 1.807) is 0 Å². The molecule has 0 saturated carbocycles. The van der Waals surface area contributed by atoms with Crippen LogP contribution in [-0.2, 0) is 35.7 Å². The summed E-state index contributed by atoms with van der Waals surface area (Å²) in [6.45, 7) is 0.988. The SMILES string of the molecule is O=C(Nc1c2c(cc3c1CCC3)CCC2)NS(=O)(=O)C1CCN(CCF)CC1.[K]. The predicted molar refractivity (Wildman–Crippen MR) is 113 cm³/mol. The third-order valence-corrected chi connectivity index (χ3v) is 8.14. The minimum Gasteiger partial charge on any atom is -0.307 e. The van der Waals surface area contributed by atoms with Crippen molar-refractivity contribution in [2.24, 2.45) is 0 Å². The van der Waals surface area contributed by atoms with Crippen molar-refractivity contribution in [1.82, 2.24) is 9.62 Å². The Labute approximate surface area is 214 Å². The fraction of sp³-hybridized carbons (Fsp3) is 0.650. The number of anilines is 1. The number of benzene rings is 1. The molecule has 0 spiro atoms. The van der Waals surface area contributed by atoms with E-state index in [0.717, 1.165) is 44.2 Å². The third-order valence-electron chi connectivity index (χ3n) is 6.32. The molecule has 1 fully saturated rings. The smallest absolute Gasteiger partial charge is 0.307 e. The molecule has 1 radical (unpaired) electrons. The van der Waals surface area contributed by atoms with Gasteiger partial charge in [0.05, 0.1) is 5.25 Å². The number of halogens is 1. The maximum absolute atomic E-state index is 12.7. The van der Waals surface area contributed by atoms with Gasteiger partial charge in [-0.15, -0.1) is 0 Å². The van der Waals surface area contributed by atoms with Crippen LogP contribution < -0.4 is 10.0 Å². The summed E-state index contributed by atoms with van der Waals surface area (Å²) in [6, 6.07) is 1.61. The van der Waals surface area contributed by atoms with Crippen molar-refractivity contribution >= 4 is 73.1 Å². The second kappa shape index (κ2) is 10.1. The molecular formula is C20H28FKN3O3S. The fourth-order valence-corrected chi connectivity index (χ4v) is 6.19. The molecule has 2 aliphatic carbocycles. The van der Waals surface area contributed by atoms with Crippen LogP contribution in [0.3, 0.4) is 0 Å². The zero-order valence-electron chi connectivity index (χ0n) is 17.1. The monoisotopic (exact) mass is 448 g/mol. The minimum absolute atomic E-state index is 0. The summed E-state index contributed by atoms with van der Waals surface area (Å²) in [7, 11) is -3.75. The van der Waals surface area contributed by atoms with Crippen LogP contribution in [0.15, 0.2) is 6.07 Å². The van der Waals surface area contributed by atoms with E-state index in [2.05, 4.69) is 16.1 Å². The third kappa shape index (κ3) is 5.24. The van der Waals surface area contributed by atoms with E-state index in [-0.39, 0.29) is 51.4 Å². The Morgan fingerprint density at radius 1 is 1.07 bits per heavy atom. The molecule has 1 aliphatic heterocycles. The van der Waals surface area contributed by atoms with Crippen LogP contribution in [0.25, 0.3) is 0 Å². The Balaban J connectivity index is 0.00000240. The van der Waals surface area contributed by atoms with Gasteiger partial charge < -0.3 is 10.2 Å². The summed E-state index contributed by atoms with van der Waals surface area (Å²) in [5.74, 6) is 0. The van der Waals surface area contributed by atoms with Gasteiger partial charge in [-0.2, -0.15) is 0 Å². The van der Waals surface area contributed by atoms with Crippen molar-refractivity contribution in [3.8, 4) is 0 Å². The van der Waals surface area contributed by atoms with Gasteiger partial charge in [-0.3, -0.25) is 0 Å². The van der Waals surface area contributed by atoms with Gasteiger partial charge in [-0.05, 0) is 86.7 Å². The van der Waals surface area contributed by atoms with E-state index >= 15 is 0 Å². The summed E-state index contributed by atoms with van der Waals surface area (Å²) < 4.78 is 40.0. The Bertz CT molecular complexity index is 838. The van der Waals surface area contributed by atoms with Gasteiger partial charge in [0.25, 0.3) is 0 Å².